The van der Waals surface area contributed by atoms with E-state index in [0.29, 0.717) is 15.7 Å². The quantitative estimate of drug-likeness (QED) is 0.520. The van der Waals surface area contributed by atoms with Crippen LogP contribution in [0, 0.1) is 3.57 Å². The first-order valence-corrected chi connectivity index (χ1v) is 7.78. The largest absolute Gasteiger partial charge is 0.416 e. The lowest BCUT2D eigenvalue weighted by atomic mass is 10.0. The van der Waals surface area contributed by atoms with Crippen LogP contribution in [-0.2, 0) is 12.1 Å². The third-order valence-corrected chi connectivity index (χ3v) is 4.16. The van der Waals surface area contributed by atoms with Crippen LogP contribution < -0.4 is 5.32 Å². The average Bonchev–Trinajstić information content (AvgIpc) is 2.52. The number of carbonyl (C=O) groups is 1. The summed E-state index contributed by atoms with van der Waals surface area (Å²) in [5, 5.41) is 2.00. The summed E-state index contributed by atoms with van der Waals surface area (Å²) in [6.07, 6.45) is -4.90. The Hall–Kier alpha value is -1.71. The van der Waals surface area contributed by atoms with E-state index in [-0.39, 0.29) is 5.56 Å². The zero-order valence-electron chi connectivity index (χ0n) is 12.0. The molecule has 128 valence electrons. The molecule has 24 heavy (non-hydrogen) atoms. The van der Waals surface area contributed by atoms with E-state index < -0.39 is 35.7 Å². The highest BCUT2D eigenvalue weighted by Gasteiger charge is 2.42. The van der Waals surface area contributed by atoms with Crippen LogP contribution in [-0.4, -0.2) is 12.5 Å². The number of benzene rings is 2. The fourth-order valence-electron chi connectivity index (χ4n) is 2.08. The second kappa shape index (κ2) is 7.04. The highest BCUT2D eigenvalue weighted by Crippen LogP contribution is 2.39. The Morgan fingerprint density at radius 1 is 0.917 bits per heavy atom. The van der Waals surface area contributed by atoms with Crippen molar-refractivity contribution in [3.63, 3.8) is 0 Å². The number of alkyl halides is 5. The van der Waals surface area contributed by atoms with Crippen LogP contribution in [0.4, 0.5) is 22.0 Å². The van der Waals surface area contributed by atoms with Crippen molar-refractivity contribution in [2.75, 3.05) is 6.54 Å². The predicted octanol–water partition coefficient (Wildman–Crippen LogP) is 4.83. The Kier molecular flexibility index (Phi) is 5.46. The zero-order valence-corrected chi connectivity index (χ0v) is 14.2. The second-order valence-electron chi connectivity index (χ2n) is 4.91. The fraction of sp³-hybridized carbons (Fsp3) is 0.188. The molecule has 0 heterocycles. The van der Waals surface area contributed by atoms with E-state index in [1.807, 2.05) is 27.9 Å². The maximum atomic E-state index is 14.2. The van der Waals surface area contributed by atoms with Gasteiger partial charge in [0.1, 0.15) is 0 Å². The van der Waals surface area contributed by atoms with E-state index in [1.165, 1.54) is 6.07 Å². The van der Waals surface area contributed by atoms with Crippen LogP contribution in [0.15, 0.2) is 48.5 Å². The van der Waals surface area contributed by atoms with E-state index >= 15 is 0 Å². The number of hydrogen-bond donors (Lipinski definition) is 1. The summed E-state index contributed by atoms with van der Waals surface area (Å²) >= 11 is 1.87. The molecule has 0 bridgehead atoms. The molecule has 2 rings (SSSR count). The molecule has 1 N–H and O–H groups in total. The van der Waals surface area contributed by atoms with E-state index in [4.69, 9.17) is 0 Å². The van der Waals surface area contributed by atoms with Crippen molar-refractivity contribution in [1.29, 1.82) is 0 Å². The number of nitrogens with one attached hydrogen (secondary N) is 1. The normalized spacial score (nSPS) is 12.1. The number of carbonyl (C=O) groups excluding carboxylic acids is 1. The van der Waals surface area contributed by atoms with Gasteiger partial charge in [0, 0.05) is 9.13 Å². The molecule has 2 aromatic rings. The number of halogens is 6. The molecule has 1 amide bonds. The summed E-state index contributed by atoms with van der Waals surface area (Å²) in [6, 6.07) is 9.73. The lowest BCUT2D eigenvalue weighted by molar-refractivity contribution is -0.141. The monoisotopic (exact) mass is 455 g/mol. The maximum absolute atomic E-state index is 14.2. The Labute approximate surface area is 148 Å². The first kappa shape index (κ1) is 18.6. The molecule has 0 fully saturated rings. The zero-order chi connectivity index (χ0) is 18.0. The lowest BCUT2D eigenvalue weighted by Gasteiger charge is -2.21. The third kappa shape index (κ3) is 4.22. The molecule has 0 unspecified atom stereocenters. The van der Waals surface area contributed by atoms with Crippen molar-refractivity contribution >= 4 is 28.5 Å². The van der Waals surface area contributed by atoms with Crippen molar-refractivity contribution in [1.82, 2.24) is 5.32 Å². The molecule has 0 atom stereocenters. The molecular formula is C16H11F5INO. The van der Waals surface area contributed by atoms with Gasteiger partial charge in [0.05, 0.1) is 17.7 Å². The molecule has 2 aromatic carbocycles. The Bertz CT molecular complexity index is 745. The summed E-state index contributed by atoms with van der Waals surface area (Å²) in [5.41, 5.74) is -2.41. The van der Waals surface area contributed by atoms with E-state index in [0.717, 1.165) is 12.1 Å². The number of amides is 1. The minimum absolute atomic E-state index is 0.179. The second-order valence-corrected chi connectivity index (χ2v) is 6.07. The van der Waals surface area contributed by atoms with Crippen molar-refractivity contribution in [3.8, 4) is 0 Å². The van der Waals surface area contributed by atoms with Crippen LogP contribution in [0.25, 0.3) is 0 Å². The lowest BCUT2D eigenvalue weighted by Crippen LogP contribution is -2.36. The van der Waals surface area contributed by atoms with Crippen molar-refractivity contribution in [2.45, 2.75) is 12.1 Å². The molecule has 0 radical (unpaired) electrons. The van der Waals surface area contributed by atoms with Crippen LogP contribution in [0.5, 0.6) is 0 Å². The van der Waals surface area contributed by atoms with Crippen molar-refractivity contribution in [3.05, 3.63) is 68.8 Å². The average molecular weight is 455 g/mol. The van der Waals surface area contributed by atoms with Gasteiger partial charge in [0.2, 0.25) is 0 Å². The van der Waals surface area contributed by atoms with Gasteiger partial charge >= 0.3 is 6.18 Å². The first-order valence-electron chi connectivity index (χ1n) is 6.70. The highest BCUT2D eigenvalue weighted by molar-refractivity contribution is 14.1. The summed E-state index contributed by atoms with van der Waals surface area (Å²) < 4.78 is 67.6. The standard InChI is InChI=1S/C16H11F5INO/c17-15(18,11-6-2-3-7-12(11)16(19,20)21)9-23-14(24)10-5-1-4-8-13(10)22/h1-8H,9H2,(H,23,24). The van der Waals surface area contributed by atoms with Crippen molar-refractivity contribution in [2.24, 2.45) is 0 Å². The van der Waals surface area contributed by atoms with E-state index in [9.17, 15) is 26.7 Å². The molecule has 8 heteroatoms. The minimum Gasteiger partial charge on any atom is -0.346 e. The molecule has 0 aliphatic rings. The Morgan fingerprint density at radius 2 is 1.46 bits per heavy atom. The molecule has 0 saturated heterocycles. The molecular weight excluding hydrogens is 444 g/mol. The summed E-state index contributed by atoms with van der Waals surface area (Å²) in [7, 11) is 0. The molecule has 0 aliphatic heterocycles. The highest BCUT2D eigenvalue weighted by atomic mass is 127. The molecule has 0 aliphatic carbocycles. The molecule has 0 aromatic heterocycles. The first-order chi connectivity index (χ1) is 11.1. The fourth-order valence-corrected chi connectivity index (χ4v) is 2.71. The summed E-state index contributed by atoms with van der Waals surface area (Å²) in [4.78, 5) is 12.0. The smallest absolute Gasteiger partial charge is 0.346 e. The van der Waals surface area contributed by atoms with Crippen LogP contribution >= 0.6 is 22.6 Å². The van der Waals surface area contributed by atoms with Gasteiger partial charge in [0.25, 0.3) is 11.8 Å². The van der Waals surface area contributed by atoms with Gasteiger partial charge in [-0.15, -0.1) is 0 Å². The van der Waals surface area contributed by atoms with Gasteiger partial charge in [-0.3, -0.25) is 4.79 Å². The minimum atomic E-state index is -4.90. The summed E-state index contributed by atoms with van der Waals surface area (Å²) in [5.74, 6) is -4.63. The van der Waals surface area contributed by atoms with E-state index in [2.05, 4.69) is 0 Å². The van der Waals surface area contributed by atoms with Crippen LogP contribution in [0.3, 0.4) is 0 Å². The van der Waals surface area contributed by atoms with Gasteiger partial charge in [-0.1, -0.05) is 30.3 Å². The topological polar surface area (TPSA) is 29.1 Å². The van der Waals surface area contributed by atoms with Gasteiger partial charge in [-0.05, 0) is 40.8 Å². The summed E-state index contributed by atoms with van der Waals surface area (Å²) in [6.45, 7) is -1.23. The SMILES string of the molecule is O=C(NCC(F)(F)c1ccccc1C(F)(F)F)c1ccccc1I. The van der Waals surface area contributed by atoms with Gasteiger partial charge in [-0.2, -0.15) is 22.0 Å². The molecule has 0 spiro atoms. The third-order valence-electron chi connectivity index (χ3n) is 3.22. The number of rotatable bonds is 4. The Morgan fingerprint density at radius 3 is 2.04 bits per heavy atom. The number of hydrogen-bond acceptors (Lipinski definition) is 1. The molecule has 2 nitrogen and oxygen atoms in total. The van der Waals surface area contributed by atoms with Gasteiger partial charge in [0.15, 0.2) is 0 Å². The van der Waals surface area contributed by atoms with Crippen molar-refractivity contribution < 1.29 is 26.7 Å². The Balaban J connectivity index is 2.21. The molecule has 0 saturated carbocycles. The predicted molar refractivity (Wildman–Crippen MR) is 86.8 cm³/mol. The van der Waals surface area contributed by atoms with Crippen LogP contribution in [0.2, 0.25) is 0 Å². The van der Waals surface area contributed by atoms with E-state index in [1.54, 1.807) is 18.2 Å². The van der Waals surface area contributed by atoms with Gasteiger partial charge in [-0.25, -0.2) is 0 Å². The van der Waals surface area contributed by atoms with Gasteiger partial charge < -0.3 is 5.32 Å². The maximum Gasteiger partial charge on any atom is 0.416 e. The van der Waals surface area contributed by atoms with Crippen LogP contribution in [0.1, 0.15) is 21.5 Å².